The Balaban J connectivity index is 1.64. The third-order valence-corrected chi connectivity index (χ3v) is 3.79. The molecule has 0 spiro atoms. The lowest BCUT2D eigenvalue weighted by atomic mass is 10.2. The quantitative estimate of drug-likeness (QED) is 0.571. The summed E-state index contributed by atoms with van der Waals surface area (Å²) in [7, 11) is 0. The summed E-state index contributed by atoms with van der Waals surface area (Å²) < 4.78 is 43.8. The van der Waals surface area contributed by atoms with Crippen molar-refractivity contribution in [1.29, 1.82) is 0 Å². The molecule has 0 atom stereocenters. The van der Waals surface area contributed by atoms with Crippen molar-refractivity contribution in [3.63, 3.8) is 0 Å². The molecule has 0 unspecified atom stereocenters. The summed E-state index contributed by atoms with van der Waals surface area (Å²) in [4.78, 5) is 0. The molecule has 2 N–H and O–H groups in total. The molecule has 27 heavy (non-hydrogen) atoms. The fourth-order valence-corrected chi connectivity index (χ4v) is 2.43. The molecular formula is C21H19F2NO3. The zero-order valence-electron chi connectivity index (χ0n) is 14.7. The van der Waals surface area contributed by atoms with Crippen LogP contribution < -0.4 is 19.9 Å². The van der Waals surface area contributed by atoms with Crippen molar-refractivity contribution in [2.75, 3.05) is 12.3 Å². The average Bonchev–Trinajstić information content (AvgIpc) is 2.65. The molecule has 0 fully saturated rings. The smallest absolute Gasteiger partial charge is 0.150 e. The Kier molecular flexibility index (Phi) is 5.76. The molecule has 6 heteroatoms. The van der Waals surface area contributed by atoms with E-state index < -0.39 is 11.6 Å². The van der Waals surface area contributed by atoms with E-state index >= 15 is 0 Å². The Bertz CT molecular complexity index is 894. The molecule has 0 aromatic heterocycles. The number of hydrogen-bond donors (Lipinski definition) is 1. The minimum atomic E-state index is -0.638. The lowest BCUT2D eigenvalue weighted by Crippen LogP contribution is -2.01. The molecule has 0 bridgehead atoms. The summed E-state index contributed by atoms with van der Waals surface area (Å²) in [5.41, 5.74) is 6.31. The van der Waals surface area contributed by atoms with Gasteiger partial charge in [-0.25, -0.2) is 8.78 Å². The zero-order chi connectivity index (χ0) is 19.2. The maximum atomic E-state index is 13.6. The van der Waals surface area contributed by atoms with E-state index in [4.69, 9.17) is 19.9 Å². The van der Waals surface area contributed by atoms with Crippen molar-refractivity contribution in [3.8, 4) is 23.0 Å². The molecule has 3 aromatic carbocycles. The largest absolute Gasteiger partial charge is 0.494 e. The number of hydrogen-bond acceptors (Lipinski definition) is 4. The van der Waals surface area contributed by atoms with Gasteiger partial charge in [0.2, 0.25) is 0 Å². The molecule has 3 rings (SSSR count). The highest BCUT2D eigenvalue weighted by molar-refractivity contribution is 5.57. The van der Waals surface area contributed by atoms with Gasteiger partial charge >= 0.3 is 0 Å². The molecular weight excluding hydrogens is 352 g/mol. The molecule has 0 heterocycles. The fourth-order valence-electron chi connectivity index (χ4n) is 2.43. The standard InChI is InChI=1S/C21H19F2NO3/c1-2-25-16-10-11-21(20(24)12-16)27-15-8-6-14(7-9-15)26-13-17-18(22)4-3-5-19(17)23/h3-12H,2,13,24H2,1H3. The summed E-state index contributed by atoms with van der Waals surface area (Å²) >= 11 is 0. The van der Waals surface area contributed by atoms with Gasteiger partial charge in [0.1, 0.15) is 35.5 Å². The number of nitrogens with two attached hydrogens (primary N) is 1. The second-order valence-corrected chi connectivity index (χ2v) is 5.69. The van der Waals surface area contributed by atoms with Crippen LogP contribution in [-0.2, 0) is 6.61 Å². The number of benzene rings is 3. The molecule has 140 valence electrons. The minimum absolute atomic E-state index is 0.111. The average molecular weight is 371 g/mol. The highest BCUT2D eigenvalue weighted by Crippen LogP contribution is 2.31. The van der Waals surface area contributed by atoms with Crippen molar-refractivity contribution in [1.82, 2.24) is 0 Å². The van der Waals surface area contributed by atoms with Crippen molar-refractivity contribution in [2.24, 2.45) is 0 Å². The summed E-state index contributed by atoms with van der Waals surface area (Å²) in [5.74, 6) is 0.911. The first-order valence-corrected chi connectivity index (χ1v) is 8.42. The van der Waals surface area contributed by atoms with Crippen LogP contribution in [0.3, 0.4) is 0 Å². The van der Waals surface area contributed by atoms with E-state index in [-0.39, 0.29) is 12.2 Å². The minimum Gasteiger partial charge on any atom is -0.494 e. The van der Waals surface area contributed by atoms with Crippen molar-refractivity contribution in [3.05, 3.63) is 77.9 Å². The Morgan fingerprint density at radius 3 is 2.07 bits per heavy atom. The van der Waals surface area contributed by atoms with Crippen LogP contribution >= 0.6 is 0 Å². The van der Waals surface area contributed by atoms with E-state index in [1.54, 1.807) is 42.5 Å². The predicted octanol–water partition coefficient (Wildman–Crippen LogP) is 5.32. The lowest BCUT2D eigenvalue weighted by Gasteiger charge is -2.12. The molecule has 0 aliphatic heterocycles. The summed E-state index contributed by atoms with van der Waals surface area (Å²) in [6.07, 6.45) is 0. The van der Waals surface area contributed by atoms with Gasteiger partial charge in [0.25, 0.3) is 0 Å². The Morgan fingerprint density at radius 1 is 0.815 bits per heavy atom. The lowest BCUT2D eigenvalue weighted by molar-refractivity contribution is 0.292. The van der Waals surface area contributed by atoms with Crippen LogP contribution in [0.5, 0.6) is 23.0 Å². The number of nitrogen functional groups attached to an aromatic ring is 1. The van der Waals surface area contributed by atoms with E-state index in [1.165, 1.54) is 18.2 Å². The van der Waals surface area contributed by atoms with E-state index in [2.05, 4.69) is 0 Å². The number of ether oxygens (including phenoxy) is 3. The summed E-state index contributed by atoms with van der Waals surface area (Å²) in [6.45, 7) is 2.24. The van der Waals surface area contributed by atoms with Gasteiger partial charge in [-0.1, -0.05) is 6.07 Å². The van der Waals surface area contributed by atoms with E-state index in [1.807, 2.05) is 6.92 Å². The monoisotopic (exact) mass is 371 g/mol. The maximum absolute atomic E-state index is 13.6. The SMILES string of the molecule is CCOc1ccc(Oc2ccc(OCc3c(F)cccc3F)cc2)c(N)c1. The Hall–Kier alpha value is -3.28. The van der Waals surface area contributed by atoms with Crippen LogP contribution in [0, 0.1) is 11.6 Å². The van der Waals surface area contributed by atoms with Gasteiger partial charge in [0.15, 0.2) is 5.75 Å². The second-order valence-electron chi connectivity index (χ2n) is 5.69. The van der Waals surface area contributed by atoms with Crippen molar-refractivity contribution >= 4 is 5.69 Å². The van der Waals surface area contributed by atoms with Gasteiger partial charge < -0.3 is 19.9 Å². The number of halogens is 2. The highest BCUT2D eigenvalue weighted by atomic mass is 19.1. The second kappa shape index (κ2) is 8.40. The van der Waals surface area contributed by atoms with Crippen LogP contribution in [0.2, 0.25) is 0 Å². The third kappa shape index (κ3) is 4.67. The normalized spacial score (nSPS) is 10.5. The van der Waals surface area contributed by atoms with Gasteiger partial charge in [-0.05, 0) is 55.5 Å². The van der Waals surface area contributed by atoms with E-state index in [9.17, 15) is 8.78 Å². The Labute approximate surface area is 156 Å². The highest BCUT2D eigenvalue weighted by Gasteiger charge is 2.09. The predicted molar refractivity (Wildman–Crippen MR) is 99.2 cm³/mol. The topological polar surface area (TPSA) is 53.7 Å². The molecule has 3 aromatic rings. The van der Waals surface area contributed by atoms with Gasteiger partial charge in [-0.15, -0.1) is 0 Å². The maximum Gasteiger partial charge on any atom is 0.150 e. The van der Waals surface area contributed by atoms with Crippen LogP contribution in [0.1, 0.15) is 12.5 Å². The zero-order valence-corrected chi connectivity index (χ0v) is 14.7. The van der Waals surface area contributed by atoms with Crippen LogP contribution in [0.4, 0.5) is 14.5 Å². The number of anilines is 1. The van der Waals surface area contributed by atoms with Gasteiger partial charge in [0, 0.05) is 6.07 Å². The molecule has 0 radical (unpaired) electrons. The van der Waals surface area contributed by atoms with Crippen LogP contribution in [0.15, 0.2) is 60.7 Å². The first-order chi connectivity index (χ1) is 13.1. The van der Waals surface area contributed by atoms with Gasteiger partial charge in [-0.3, -0.25) is 0 Å². The molecule has 0 amide bonds. The van der Waals surface area contributed by atoms with Crippen molar-refractivity contribution in [2.45, 2.75) is 13.5 Å². The van der Waals surface area contributed by atoms with E-state index in [0.717, 1.165) is 0 Å². The molecule has 0 aliphatic carbocycles. The Morgan fingerprint density at radius 2 is 1.44 bits per heavy atom. The number of rotatable bonds is 7. The first-order valence-electron chi connectivity index (χ1n) is 8.42. The molecule has 0 aliphatic rings. The van der Waals surface area contributed by atoms with Gasteiger partial charge in [-0.2, -0.15) is 0 Å². The first kappa shape index (κ1) is 18.5. The fraction of sp³-hybridized carbons (Fsp3) is 0.143. The molecule has 0 saturated heterocycles. The third-order valence-electron chi connectivity index (χ3n) is 3.79. The molecule has 4 nitrogen and oxygen atoms in total. The van der Waals surface area contributed by atoms with Crippen molar-refractivity contribution < 1.29 is 23.0 Å². The van der Waals surface area contributed by atoms with Crippen LogP contribution in [0.25, 0.3) is 0 Å². The summed E-state index contributed by atoms with van der Waals surface area (Å²) in [6, 6.07) is 15.6. The summed E-state index contributed by atoms with van der Waals surface area (Å²) in [5, 5.41) is 0. The van der Waals surface area contributed by atoms with Gasteiger partial charge in [0.05, 0.1) is 17.9 Å². The van der Waals surface area contributed by atoms with Crippen LogP contribution in [-0.4, -0.2) is 6.61 Å². The molecule has 0 saturated carbocycles. The van der Waals surface area contributed by atoms with E-state index in [0.29, 0.717) is 35.3 Å².